The molecule has 0 spiro atoms. The summed E-state index contributed by atoms with van der Waals surface area (Å²) in [6.07, 6.45) is 2.85. The second-order valence-corrected chi connectivity index (χ2v) is 7.29. The summed E-state index contributed by atoms with van der Waals surface area (Å²) >= 11 is 0. The van der Waals surface area contributed by atoms with Crippen LogP contribution in [0.15, 0.2) is 28.8 Å². The van der Waals surface area contributed by atoms with E-state index in [1.54, 1.807) is 6.07 Å². The molecule has 1 heterocycles. The van der Waals surface area contributed by atoms with Gasteiger partial charge in [-0.05, 0) is 37.4 Å². The molecule has 2 aromatic rings. The normalized spacial score (nSPS) is 21.9. The van der Waals surface area contributed by atoms with Crippen molar-refractivity contribution >= 4 is 33.4 Å². The second-order valence-electron chi connectivity index (χ2n) is 5.54. The molecule has 0 bridgehead atoms. The lowest BCUT2D eigenvalue weighted by Gasteiger charge is -2.19. The van der Waals surface area contributed by atoms with Crippen molar-refractivity contribution in [2.45, 2.75) is 31.1 Å². The van der Waals surface area contributed by atoms with Crippen molar-refractivity contribution in [2.24, 2.45) is 11.7 Å². The van der Waals surface area contributed by atoms with Crippen molar-refractivity contribution in [1.82, 2.24) is 9.88 Å². The van der Waals surface area contributed by atoms with Crippen LogP contribution < -0.4 is 10.5 Å². The number of para-hydroxylation sites is 1. The van der Waals surface area contributed by atoms with Crippen LogP contribution in [-0.2, 0) is 15.8 Å². The van der Waals surface area contributed by atoms with E-state index in [4.69, 9.17) is 10.3 Å². The van der Waals surface area contributed by atoms with E-state index in [9.17, 15) is 8.42 Å². The smallest absolute Gasteiger partial charge is 0.217 e. The van der Waals surface area contributed by atoms with Crippen LogP contribution in [0.5, 0.6) is 0 Å². The van der Waals surface area contributed by atoms with E-state index in [0.29, 0.717) is 17.8 Å². The van der Waals surface area contributed by atoms with Crippen molar-refractivity contribution in [3.8, 4) is 0 Å². The molecule has 3 rings (SSSR count). The van der Waals surface area contributed by atoms with Crippen molar-refractivity contribution in [3.05, 3.63) is 30.0 Å². The molecule has 122 valence electrons. The maximum absolute atomic E-state index is 12.3. The van der Waals surface area contributed by atoms with Crippen LogP contribution in [0.4, 0.5) is 0 Å². The van der Waals surface area contributed by atoms with Crippen molar-refractivity contribution in [3.63, 3.8) is 0 Å². The maximum atomic E-state index is 12.3. The van der Waals surface area contributed by atoms with E-state index in [0.717, 1.165) is 24.6 Å². The van der Waals surface area contributed by atoms with Gasteiger partial charge in [0.05, 0.1) is 0 Å². The van der Waals surface area contributed by atoms with Gasteiger partial charge in [-0.15, -0.1) is 12.4 Å². The summed E-state index contributed by atoms with van der Waals surface area (Å²) in [7, 11) is -3.45. The Kier molecular flexibility index (Phi) is 5.44. The van der Waals surface area contributed by atoms with Gasteiger partial charge in [-0.2, -0.15) is 0 Å². The molecule has 22 heavy (non-hydrogen) atoms. The van der Waals surface area contributed by atoms with E-state index in [-0.39, 0.29) is 30.1 Å². The SMILES string of the molecule is Cl.NCC1CCCC1NS(=O)(=O)Cc1noc2ccccc12. The fourth-order valence-electron chi connectivity index (χ4n) is 2.97. The van der Waals surface area contributed by atoms with Gasteiger partial charge in [-0.3, -0.25) is 0 Å². The van der Waals surface area contributed by atoms with Crippen molar-refractivity contribution in [1.29, 1.82) is 0 Å². The second kappa shape index (κ2) is 6.95. The summed E-state index contributed by atoms with van der Waals surface area (Å²) < 4.78 is 32.6. The molecule has 2 atom stereocenters. The van der Waals surface area contributed by atoms with Crippen LogP contribution in [0.3, 0.4) is 0 Å². The number of benzene rings is 1. The number of nitrogens with zero attached hydrogens (tertiary/aromatic N) is 1. The molecule has 3 N–H and O–H groups in total. The topological polar surface area (TPSA) is 98.2 Å². The van der Waals surface area contributed by atoms with Crippen LogP contribution in [0.1, 0.15) is 25.0 Å². The number of sulfonamides is 1. The predicted octanol–water partition coefficient (Wildman–Crippen LogP) is 1.80. The maximum Gasteiger partial charge on any atom is 0.217 e. The summed E-state index contributed by atoms with van der Waals surface area (Å²) in [5.74, 6) is 0.0616. The van der Waals surface area contributed by atoms with Gasteiger partial charge < -0.3 is 10.3 Å². The minimum absolute atomic E-state index is 0. The van der Waals surface area contributed by atoms with E-state index < -0.39 is 10.0 Å². The molecule has 6 nitrogen and oxygen atoms in total. The van der Waals surface area contributed by atoms with Crippen LogP contribution in [0, 0.1) is 5.92 Å². The monoisotopic (exact) mass is 345 g/mol. The molecular formula is C14H20ClN3O3S. The van der Waals surface area contributed by atoms with Crippen LogP contribution in [0.25, 0.3) is 11.0 Å². The lowest BCUT2D eigenvalue weighted by Crippen LogP contribution is -2.40. The van der Waals surface area contributed by atoms with Crippen LogP contribution >= 0.6 is 12.4 Å². The first-order chi connectivity index (χ1) is 10.1. The van der Waals surface area contributed by atoms with Gasteiger partial charge in [0.2, 0.25) is 10.0 Å². The number of aromatic nitrogens is 1. The lowest BCUT2D eigenvalue weighted by atomic mass is 10.1. The average molecular weight is 346 g/mol. The van der Waals surface area contributed by atoms with E-state index in [1.165, 1.54) is 0 Å². The molecular weight excluding hydrogens is 326 g/mol. The summed E-state index contributed by atoms with van der Waals surface area (Å²) in [5, 5.41) is 4.62. The van der Waals surface area contributed by atoms with Gasteiger partial charge in [0.1, 0.15) is 11.4 Å². The highest BCUT2D eigenvalue weighted by Crippen LogP contribution is 2.26. The molecule has 1 aliphatic carbocycles. The molecule has 0 amide bonds. The highest BCUT2D eigenvalue weighted by atomic mass is 35.5. The van der Waals surface area contributed by atoms with E-state index >= 15 is 0 Å². The molecule has 1 fully saturated rings. The first kappa shape index (κ1) is 17.2. The Labute approximate surface area is 135 Å². The minimum atomic E-state index is -3.45. The summed E-state index contributed by atoms with van der Waals surface area (Å²) in [6, 6.07) is 7.19. The zero-order valence-electron chi connectivity index (χ0n) is 12.1. The number of nitrogens with two attached hydrogens (primary N) is 1. The molecule has 1 aromatic carbocycles. The number of nitrogens with one attached hydrogen (secondary N) is 1. The van der Waals surface area contributed by atoms with Crippen LogP contribution in [-0.4, -0.2) is 26.2 Å². The van der Waals surface area contributed by atoms with Crippen LogP contribution in [0.2, 0.25) is 0 Å². The summed E-state index contributed by atoms with van der Waals surface area (Å²) in [6.45, 7) is 0.514. The van der Waals surface area contributed by atoms with Gasteiger partial charge >= 0.3 is 0 Å². The first-order valence-corrected chi connectivity index (χ1v) is 8.77. The predicted molar refractivity (Wildman–Crippen MR) is 87.2 cm³/mol. The van der Waals surface area contributed by atoms with E-state index in [1.807, 2.05) is 18.2 Å². The number of rotatable bonds is 5. The highest BCUT2D eigenvalue weighted by Gasteiger charge is 2.30. The quantitative estimate of drug-likeness (QED) is 0.860. The molecule has 0 radical (unpaired) electrons. The number of halogens is 1. The lowest BCUT2D eigenvalue weighted by molar-refractivity contribution is 0.443. The Balaban J connectivity index is 0.00000176. The summed E-state index contributed by atoms with van der Waals surface area (Å²) in [5.41, 5.74) is 6.74. The molecule has 1 saturated carbocycles. The first-order valence-electron chi connectivity index (χ1n) is 7.12. The molecule has 0 saturated heterocycles. The highest BCUT2D eigenvalue weighted by molar-refractivity contribution is 7.88. The largest absolute Gasteiger partial charge is 0.356 e. The Hall–Kier alpha value is -1.15. The van der Waals surface area contributed by atoms with Gasteiger partial charge in [-0.25, -0.2) is 13.1 Å². The Bertz CT molecular complexity index is 732. The molecule has 0 aliphatic heterocycles. The molecule has 1 aromatic heterocycles. The fourth-order valence-corrected chi connectivity index (χ4v) is 4.39. The minimum Gasteiger partial charge on any atom is -0.356 e. The Morgan fingerprint density at radius 3 is 2.86 bits per heavy atom. The van der Waals surface area contributed by atoms with Gasteiger partial charge in [0.15, 0.2) is 5.58 Å². The molecule has 1 aliphatic rings. The summed E-state index contributed by atoms with van der Waals surface area (Å²) in [4.78, 5) is 0. The molecule has 2 unspecified atom stereocenters. The third-order valence-corrected chi connectivity index (χ3v) is 5.39. The fraction of sp³-hybridized carbons (Fsp3) is 0.500. The van der Waals surface area contributed by atoms with Crippen molar-refractivity contribution in [2.75, 3.05) is 6.54 Å². The van der Waals surface area contributed by atoms with Gasteiger partial charge in [0.25, 0.3) is 0 Å². The Morgan fingerprint density at radius 1 is 1.32 bits per heavy atom. The van der Waals surface area contributed by atoms with Gasteiger partial charge in [-0.1, -0.05) is 23.7 Å². The Morgan fingerprint density at radius 2 is 2.09 bits per heavy atom. The van der Waals surface area contributed by atoms with Gasteiger partial charge in [0, 0.05) is 11.4 Å². The standard InChI is InChI=1S/C14H19N3O3S.ClH/c15-8-10-4-3-6-12(10)17-21(18,19)9-13-11-5-1-2-7-14(11)20-16-13;/h1-2,5,7,10,12,17H,3-4,6,8-9,15H2;1H. The number of hydrogen-bond acceptors (Lipinski definition) is 5. The molecule has 8 heteroatoms. The third-order valence-electron chi connectivity index (χ3n) is 4.07. The van der Waals surface area contributed by atoms with E-state index in [2.05, 4.69) is 9.88 Å². The number of fused-ring (bicyclic) bond motifs is 1. The zero-order chi connectivity index (χ0) is 14.9. The zero-order valence-corrected chi connectivity index (χ0v) is 13.7. The average Bonchev–Trinajstić information content (AvgIpc) is 3.05. The third kappa shape index (κ3) is 3.60. The van der Waals surface area contributed by atoms with Crippen molar-refractivity contribution < 1.29 is 12.9 Å². The number of hydrogen-bond donors (Lipinski definition) is 2.